The summed E-state index contributed by atoms with van der Waals surface area (Å²) in [7, 11) is 0. The smallest absolute Gasteiger partial charge is 0.134 e. The zero-order chi connectivity index (χ0) is 18.7. The van der Waals surface area contributed by atoms with Gasteiger partial charge in [-0.05, 0) is 43.9 Å². The van der Waals surface area contributed by atoms with Crippen molar-refractivity contribution in [1.29, 1.82) is 0 Å². The first-order chi connectivity index (χ1) is 12.4. The second-order valence-electron chi connectivity index (χ2n) is 7.63. The van der Waals surface area contributed by atoms with Crippen molar-refractivity contribution in [2.24, 2.45) is 5.92 Å². The topological polar surface area (TPSA) is 44.3 Å². The lowest BCUT2D eigenvalue weighted by molar-refractivity contribution is 0.644. The van der Waals surface area contributed by atoms with E-state index in [1.54, 1.807) is 0 Å². The molecule has 1 saturated heterocycles. The van der Waals surface area contributed by atoms with Crippen LogP contribution in [-0.4, -0.2) is 42.7 Å². The summed E-state index contributed by atoms with van der Waals surface area (Å²) < 4.78 is 0. The molecule has 2 aromatic rings. The van der Waals surface area contributed by atoms with Crippen LogP contribution in [0.1, 0.15) is 30.8 Å². The minimum absolute atomic E-state index is 0.592. The van der Waals surface area contributed by atoms with Gasteiger partial charge in [0.1, 0.15) is 17.5 Å². The van der Waals surface area contributed by atoms with Crippen LogP contribution in [0, 0.1) is 26.7 Å². The van der Waals surface area contributed by atoms with Crippen LogP contribution < -0.4 is 15.1 Å². The first-order valence-electron chi connectivity index (χ1n) is 9.59. The Labute approximate surface area is 157 Å². The zero-order valence-corrected chi connectivity index (χ0v) is 16.7. The third-order valence-corrected chi connectivity index (χ3v) is 5.04. The van der Waals surface area contributed by atoms with Crippen molar-refractivity contribution in [3.63, 3.8) is 0 Å². The number of rotatable bonds is 5. The summed E-state index contributed by atoms with van der Waals surface area (Å²) in [5.41, 5.74) is 4.11. The molecule has 0 radical (unpaired) electrons. The number of benzene rings is 1. The monoisotopic (exact) mass is 353 g/mol. The van der Waals surface area contributed by atoms with E-state index < -0.39 is 0 Å². The number of anilines is 3. The maximum atomic E-state index is 4.67. The number of hydrogen-bond acceptors (Lipinski definition) is 5. The highest BCUT2D eigenvalue weighted by atomic mass is 15.3. The van der Waals surface area contributed by atoms with Gasteiger partial charge in [-0.25, -0.2) is 9.97 Å². The summed E-state index contributed by atoms with van der Waals surface area (Å²) in [4.78, 5) is 14.1. The minimum atomic E-state index is 0.592. The molecule has 5 heteroatoms. The van der Waals surface area contributed by atoms with Gasteiger partial charge in [-0.15, -0.1) is 0 Å². The Balaban J connectivity index is 1.69. The normalized spacial score (nSPS) is 14.8. The van der Waals surface area contributed by atoms with Crippen molar-refractivity contribution >= 4 is 17.3 Å². The van der Waals surface area contributed by atoms with Gasteiger partial charge in [0.2, 0.25) is 0 Å². The van der Waals surface area contributed by atoms with Crippen LogP contribution in [0.4, 0.5) is 17.3 Å². The van der Waals surface area contributed by atoms with Crippen molar-refractivity contribution in [1.82, 2.24) is 9.97 Å². The molecule has 0 aliphatic carbocycles. The summed E-state index contributed by atoms with van der Waals surface area (Å²) in [5.74, 6) is 3.38. The molecule has 1 aliphatic rings. The van der Waals surface area contributed by atoms with E-state index >= 15 is 0 Å². The highest BCUT2D eigenvalue weighted by molar-refractivity contribution is 5.58. The minimum Gasteiger partial charge on any atom is -0.370 e. The summed E-state index contributed by atoms with van der Waals surface area (Å²) in [5, 5.41) is 3.42. The molecule has 2 heterocycles. The van der Waals surface area contributed by atoms with Crippen LogP contribution in [0.2, 0.25) is 0 Å². The fraction of sp³-hybridized carbons (Fsp3) is 0.524. The number of nitrogens with one attached hydrogen (secondary N) is 1. The molecule has 1 aromatic heterocycles. The lowest BCUT2D eigenvalue weighted by atomic mass is 10.1. The molecule has 3 rings (SSSR count). The molecule has 0 bridgehead atoms. The van der Waals surface area contributed by atoms with Crippen molar-refractivity contribution in [2.45, 2.75) is 34.6 Å². The molecule has 0 unspecified atom stereocenters. The van der Waals surface area contributed by atoms with Gasteiger partial charge in [-0.3, -0.25) is 0 Å². The SMILES string of the molecule is Cc1nc(NCC(C)C)cc(N2CCN(c3cccc(C)c3C)CC2)n1. The quantitative estimate of drug-likeness (QED) is 0.886. The van der Waals surface area contributed by atoms with Crippen LogP contribution in [-0.2, 0) is 0 Å². The molecule has 0 amide bonds. The van der Waals surface area contributed by atoms with E-state index in [-0.39, 0.29) is 0 Å². The van der Waals surface area contributed by atoms with Crippen molar-refractivity contribution in [3.8, 4) is 0 Å². The Kier molecular flexibility index (Phi) is 5.64. The second-order valence-corrected chi connectivity index (χ2v) is 7.63. The van der Waals surface area contributed by atoms with Crippen LogP contribution in [0.25, 0.3) is 0 Å². The molecule has 26 heavy (non-hydrogen) atoms. The van der Waals surface area contributed by atoms with Crippen molar-refractivity contribution < 1.29 is 0 Å². The van der Waals surface area contributed by atoms with Gasteiger partial charge in [0, 0.05) is 44.5 Å². The fourth-order valence-corrected chi connectivity index (χ4v) is 3.37. The highest BCUT2D eigenvalue weighted by Gasteiger charge is 2.20. The number of hydrogen-bond donors (Lipinski definition) is 1. The standard InChI is InChI=1S/C21H31N5/c1-15(2)14-22-20-13-21(24-18(5)23-20)26-11-9-25(10-12-26)19-8-6-7-16(3)17(19)4/h6-8,13,15H,9-12,14H2,1-5H3,(H,22,23,24). The molecule has 1 fully saturated rings. The predicted octanol–water partition coefficient (Wildman–Crippen LogP) is 3.80. The molecule has 1 aliphatic heterocycles. The molecule has 0 atom stereocenters. The van der Waals surface area contributed by atoms with Gasteiger partial charge in [-0.1, -0.05) is 26.0 Å². The predicted molar refractivity (Wildman–Crippen MR) is 110 cm³/mol. The first kappa shape index (κ1) is 18.5. The van der Waals surface area contributed by atoms with E-state index in [4.69, 9.17) is 0 Å². The lowest BCUT2D eigenvalue weighted by Gasteiger charge is -2.37. The van der Waals surface area contributed by atoms with Crippen molar-refractivity contribution in [2.75, 3.05) is 47.8 Å². The molecule has 5 nitrogen and oxygen atoms in total. The molecule has 1 aromatic carbocycles. The van der Waals surface area contributed by atoms with Gasteiger partial charge in [-0.2, -0.15) is 0 Å². The van der Waals surface area contributed by atoms with Gasteiger partial charge in [0.15, 0.2) is 0 Å². The molecule has 0 spiro atoms. The van der Waals surface area contributed by atoms with Gasteiger partial charge >= 0.3 is 0 Å². The number of piperazine rings is 1. The Hall–Kier alpha value is -2.30. The van der Waals surface area contributed by atoms with E-state index in [1.165, 1.54) is 16.8 Å². The van der Waals surface area contributed by atoms with Crippen LogP contribution >= 0.6 is 0 Å². The second kappa shape index (κ2) is 7.94. The number of aromatic nitrogens is 2. The average Bonchev–Trinajstić information content (AvgIpc) is 2.62. The molecule has 140 valence electrons. The molecule has 1 N–H and O–H groups in total. The van der Waals surface area contributed by atoms with E-state index in [0.29, 0.717) is 5.92 Å². The van der Waals surface area contributed by atoms with Gasteiger partial charge in [0.05, 0.1) is 0 Å². The zero-order valence-electron chi connectivity index (χ0n) is 16.7. The van der Waals surface area contributed by atoms with E-state index in [2.05, 4.69) is 77.0 Å². The fourth-order valence-electron chi connectivity index (χ4n) is 3.37. The molecular formula is C21H31N5. The molecule has 0 saturated carbocycles. The molecular weight excluding hydrogens is 322 g/mol. The Morgan fingerprint density at radius 2 is 1.69 bits per heavy atom. The van der Waals surface area contributed by atoms with Crippen LogP contribution in [0.5, 0.6) is 0 Å². The third-order valence-electron chi connectivity index (χ3n) is 5.04. The van der Waals surface area contributed by atoms with Crippen molar-refractivity contribution in [3.05, 3.63) is 41.2 Å². The maximum absolute atomic E-state index is 4.67. The van der Waals surface area contributed by atoms with E-state index in [1.807, 2.05) is 6.92 Å². The van der Waals surface area contributed by atoms with E-state index in [0.717, 1.165) is 50.2 Å². The lowest BCUT2D eigenvalue weighted by Crippen LogP contribution is -2.47. The Morgan fingerprint density at radius 1 is 1.00 bits per heavy atom. The largest absolute Gasteiger partial charge is 0.370 e. The van der Waals surface area contributed by atoms with E-state index in [9.17, 15) is 0 Å². The third kappa shape index (κ3) is 4.26. The summed E-state index contributed by atoms with van der Waals surface area (Å²) in [6.07, 6.45) is 0. The Morgan fingerprint density at radius 3 is 2.38 bits per heavy atom. The van der Waals surface area contributed by atoms with Gasteiger partial charge in [0.25, 0.3) is 0 Å². The number of nitrogens with zero attached hydrogens (tertiary/aromatic N) is 4. The summed E-state index contributed by atoms with van der Waals surface area (Å²) >= 11 is 0. The summed E-state index contributed by atoms with van der Waals surface area (Å²) in [6.45, 7) is 15.7. The van der Waals surface area contributed by atoms with Crippen LogP contribution in [0.15, 0.2) is 24.3 Å². The van der Waals surface area contributed by atoms with Crippen LogP contribution in [0.3, 0.4) is 0 Å². The van der Waals surface area contributed by atoms with Gasteiger partial charge < -0.3 is 15.1 Å². The maximum Gasteiger partial charge on any atom is 0.134 e. The summed E-state index contributed by atoms with van der Waals surface area (Å²) in [6, 6.07) is 8.67. The number of aryl methyl sites for hydroxylation is 2. The average molecular weight is 354 g/mol. The Bertz CT molecular complexity index is 748. The first-order valence-corrected chi connectivity index (χ1v) is 9.59. The highest BCUT2D eigenvalue weighted by Crippen LogP contribution is 2.25.